The van der Waals surface area contributed by atoms with Crippen molar-refractivity contribution in [2.45, 2.75) is 26.2 Å². The van der Waals surface area contributed by atoms with Gasteiger partial charge in [0.25, 0.3) is 5.91 Å². The third kappa shape index (κ3) is 2.81. The average Bonchev–Trinajstić information content (AvgIpc) is 2.96. The summed E-state index contributed by atoms with van der Waals surface area (Å²) < 4.78 is 1.78. The fraction of sp³-hybridized carbons (Fsp3) is 0.462. The SMILES string of the molecule is CC(C)c1[nH]nc(C(=O)NCCc2ccnn2C)c1N. The first-order valence-electron chi connectivity index (χ1n) is 6.59. The predicted octanol–water partition coefficient (Wildman–Crippen LogP) is 0.821. The molecule has 0 spiro atoms. The zero-order valence-corrected chi connectivity index (χ0v) is 12.0. The van der Waals surface area contributed by atoms with E-state index in [1.54, 1.807) is 10.9 Å². The highest BCUT2D eigenvalue weighted by molar-refractivity contribution is 5.97. The second-order valence-electron chi connectivity index (χ2n) is 5.01. The third-order valence-corrected chi connectivity index (χ3v) is 3.22. The highest BCUT2D eigenvalue weighted by Crippen LogP contribution is 2.21. The molecule has 0 aliphatic carbocycles. The first kappa shape index (κ1) is 14.1. The van der Waals surface area contributed by atoms with Gasteiger partial charge in [0.1, 0.15) is 0 Å². The van der Waals surface area contributed by atoms with Gasteiger partial charge in [-0.25, -0.2) is 0 Å². The van der Waals surface area contributed by atoms with Crippen LogP contribution in [0.1, 0.15) is 41.6 Å². The van der Waals surface area contributed by atoms with Crippen molar-refractivity contribution in [3.8, 4) is 0 Å². The van der Waals surface area contributed by atoms with Crippen molar-refractivity contribution < 1.29 is 4.79 Å². The van der Waals surface area contributed by atoms with Gasteiger partial charge in [-0.3, -0.25) is 14.6 Å². The van der Waals surface area contributed by atoms with Crippen molar-refractivity contribution in [2.75, 3.05) is 12.3 Å². The molecule has 0 atom stereocenters. The normalized spacial score (nSPS) is 11.0. The smallest absolute Gasteiger partial charge is 0.273 e. The van der Waals surface area contributed by atoms with E-state index in [9.17, 15) is 4.79 Å². The van der Waals surface area contributed by atoms with Crippen molar-refractivity contribution in [3.05, 3.63) is 29.3 Å². The molecular weight excluding hydrogens is 256 g/mol. The Morgan fingerprint density at radius 3 is 2.85 bits per heavy atom. The summed E-state index contributed by atoms with van der Waals surface area (Å²) in [6.45, 7) is 4.50. The summed E-state index contributed by atoms with van der Waals surface area (Å²) in [7, 11) is 1.87. The molecule has 0 aliphatic heterocycles. The van der Waals surface area contributed by atoms with Gasteiger partial charge in [0, 0.05) is 31.9 Å². The fourth-order valence-corrected chi connectivity index (χ4v) is 2.01. The molecule has 0 fully saturated rings. The van der Waals surface area contributed by atoms with Gasteiger partial charge >= 0.3 is 0 Å². The zero-order chi connectivity index (χ0) is 14.7. The summed E-state index contributed by atoms with van der Waals surface area (Å²) in [6, 6.07) is 1.92. The third-order valence-electron chi connectivity index (χ3n) is 3.22. The first-order chi connectivity index (χ1) is 9.50. The Kier molecular flexibility index (Phi) is 4.07. The maximum Gasteiger partial charge on any atom is 0.273 e. The molecule has 0 bridgehead atoms. The van der Waals surface area contributed by atoms with Crippen LogP contribution in [-0.4, -0.2) is 32.4 Å². The molecule has 2 heterocycles. The Bertz CT molecular complexity index is 598. The second-order valence-corrected chi connectivity index (χ2v) is 5.01. The van der Waals surface area contributed by atoms with E-state index in [-0.39, 0.29) is 17.5 Å². The van der Waals surface area contributed by atoms with Gasteiger partial charge in [-0.15, -0.1) is 0 Å². The molecule has 0 aromatic carbocycles. The molecule has 7 heteroatoms. The van der Waals surface area contributed by atoms with Crippen LogP contribution in [0.25, 0.3) is 0 Å². The summed E-state index contributed by atoms with van der Waals surface area (Å²) in [4.78, 5) is 12.0. The Labute approximate surface area is 117 Å². The van der Waals surface area contributed by atoms with Crippen molar-refractivity contribution in [3.63, 3.8) is 0 Å². The van der Waals surface area contributed by atoms with Crippen molar-refractivity contribution in [1.29, 1.82) is 0 Å². The Balaban J connectivity index is 1.94. The maximum absolute atomic E-state index is 12.0. The number of carbonyl (C=O) groups is 1. The highest BCUT2D eigenvalue weighted by Gasteiger charge is 2.18. The van der Waals surface area contributed by atoms with Crippen LogP contribution in [0.15, 0.2) is 12.3 Å². The molecule has 20 heavy (non-hydrogen) atoms. The van der Waals surface area contributed by atoms with Gasteiger partial charge in [0.05, 0.1) is 11.4 Å². The lowest BCUT2D eigenvalue weighted by Crippen LogP contribution is -2.27. The number of aromatic amines is 1. The summed E-state index contributed by atoms with van der Waals surface area (Å²) in [5.74, 6) is -0.0497. The van der Waals surface area contributed by atoms with Gasteiger partial charge in [0.2, 0.25) is 0 Å². The number of H-pyrrole nitrogens is 1. The van der Waals surface area contributed by atoms with Crippen LogP contribution in [0.3, 0.4) is 0 Å². The number of nitrogens with two attached hydrogens (primary N) is 1. The molecule has 7 nitrogen and oxygen atoms in total. The number of nitrogens with one attached hydrogen (secondary N) is 2. The Morgan fingerprint density at radius 2 is 2.30 bits per heavy atom. The Morgan fingerprint density at radius 1 is 1.55 bits per heavy atom. The highest BCUT2D eigenvalue weighted by atomic mass is 16.1. The Hall–Kier alpha value is -2.31. The number of amides is 1. The molecule has 108 valence electrons. The molecule has 4 N–H and O–H groups in total. The van der Waals surface area contributed by atoms with E-state index in [1.807, 2.05) is 27.0 Å². The minimum absolute atomic E-state index is 0.207. The fourth-order valence-electron chi connectivity index (χ4n) is 2.01. The van der Waals surface area contributed by atoms with Crippen LogP contribution in [0.5, 0.6) is 0 Å². The summed E-state index contributed by atoms with van der Waals surface area (Å²) in [6.07, 6.45) is 2.45. The van der Waals surface area contributed by atoms with E-state index in [2.05, 4.69) is 20.6 Å². The number of anilines is 1. The monoisotopic (exact) mass is 276 g/mol. The van der Waals surface area contributed by atoms with Crippen molar-refractivity contribution >= 4 is 11.6 Å². The van der Waals surface area contributed by atoms with Gasteiger partial charge in [-0.2, -0.15) is 10.2 Å². The van der Waals surface area contributed by atoms with Gasteiger partial charge < -0.3 is 11.1 Å². The lowest BCUT2D eigenvalue weighted by Gasteiger charge is -2.05. The molecule has 0 unspecified atom stereocenters. The number of rotatable bonds is 5. The van der Waals surface area contributed by atoms with Crippen molar-refractivity contribution in [1.82, 2.24) is 25.3 Å². The van der Waals surface area contributed by atoms with E-state index in [1.165, 1.54) is 0 Å². The summed E-state index contributed by atoms with van der Waals surface area (Å²) in [5, 5.41) is 13.7. The number of hydrogen-bond acceptors (Lipinski definition) is 4. The predicted molar refractivity (Wildman–Crippen MR) is 76.3 cm³/mol. The van der Waals surface area contributed by atoms with Crippen molar-refractivity contribution in [2.24, 2.45) is 7.05 Å². The van der Waals surface area contributed by atoms with E-state index in [0.717, 1.165) is 11.4 Å². The molecule has 0 aliphatic rings. The molecule has 1 amide bonds. The van der Waals surface area contributed by atoms with Crippen LogP contribution >= 0.6 is 0 Å². The van der Waals surface area contributed by atoms with Gasteiger partial charge in [0.15, 0.2) is 5.69 Å². The number of carbonyl (C=O) groups excluding carboxylic acids is 1. The molecule has 0 saturated carbocycles. The van der Waals surface area contributed by atoms with E-state index >= 15 is 0 Å². The molecule has 0 radical (unpaired) electrons. The minimum Gasteiger partial charge on any atom is -0.395 e. The van der Waals surface area contributed by atoms with Crippen LogP contribution in [0.2, 0.25) is 0 Å². The topological polar surface area (TPSA) is 102 Å². The second kappa shape index (κ2) is 5.77. The number of hydrogen-bond donors (Lipinski definition) is 3. The zero-order valence-electron chi connectivity index (χ0n) is 12.0. The number of nitrogens with zero attached hydrogens (tertiary/aromatic N) is 3. The standard InChI is InChI=1S/C13H20N6O/c1-8(2)11-10(14)12(18-17-11)13(20)15-6-4-9-5-7-16-19(9)3/h5,7-8H,4,6,14H2,1-3H3,(H,15,20)(H,17,18). The number of nitrogen functional groups attached to an aromatic ring is 1. The minimum atomic E-state index is -0.257. The van der Waals surface area contributed by atoms with Crippen LogP contribution in [0, 0.1) is 0 Å². The van der Waals surface area contributed by atoms with Gasteiger partial charge in [-0.05, 0) is 12.0 Å². The average molecular weight is 276 g/mol. The molecule has 2 aromatic heterocycles. The molecular formula is C13H20N6O. The molecule has 2 rings (SSSR count). The number of aromatic nitrogens is 4. The first-order valence-corrected chi connectivity index (χ1v) is 6.59. The summed E-state index contributed by atoms with van der Waals surface area (Å²) >= 11 is 0. The van der Waals surface area contributed by atoms with Gasteiger partial charge in [-0.1, -0.05) is 13.8 Å². The number of aryl methyl sites for hydroxylation is 1. The molecule has 2 aromatic rings. The lowest BCUT2D eigenvalue weighted by atomic mass is 10.1. The lowest BCUT2D eigenvalue weighted by molar-refractivity contribution is 0.0950. The van der Waals surface area contributed by atoms with Crippen LogP contribution < -0.4 is 11.1 Å². The van der Waals surface area contributed by atoms with Crippen LogP contribution in [0.4, 0.5) is 5.69 Å². The van der Waals surface area contributed by atoms with Crippen LogP contribution in [-0.2, 0) is 13.5 Å². The quantitative estimate of drug-likeness (QED) is 0.752. The maximum atomic E-state index is 12.0. The summed E-state index contributed by atoms with van der Waals surface area (Å²) in [5.41, 5.74) is 8.47. The molecule has 0 saturated heterocycles. The van der Waals surface area contributed by atoms with E-state index in [0.29, 0.717) is 18.7 Å². The van der Waals surface area contributed by atoms with E-state index in [4.69, 9.17) is 5.73 Å². The largest absolute Gasteiger partial charge is 0.395 e. The van der Waals surface area contributed by atoms with E-state index < -0.39 is 0 Å².